The van der Waals surface area contributed by atoms with Gasteiger partial charge in [-0.25, -0.2) is 0 Å². The van der Waals surface area contributed by atoms with E-state index >= 15 is 0 Å². The highest BCUT2D eigenvalue weighted by molar-refractivity contribution is 7.04. The molecule has 1 aliphatic heterocycles. The Morgan fingerprint density at radius 2 is 1.21 bits per heavy atom. The summed E-state index contributed by atoms with van der Waals surface area (Å²) in [6.45, 7) is 14.5. The number of rotatable bonds is 0. The Kier molecular flexibility index (Phi) is 4.11. The molecule has 2 heteroatoms. The zero-order valence-corrected chi connectivity index (χ0v) is 24.5. The molecule has 1 nitrogen and oxygen atoms in total. The van der Waals surface area contributed by atoms with E-state index in [1.165, 1.54) is 66.4 Å². The van der Waals surface area contributed by atoms with Gasteiger partial charge in [0, 0.05) is 10.8 Å². The van der Waals surface area contributed by atoms with Crippen molar-refractivity contribution in [2.24, 2.45) is 0 Å². The molecule has 0 bridgehead atoms. The van der Waals surface area contributed by atoms with Gasteiger partial charge in [0.1, 0.15) is 8.07 Å². The average molecular weight is 518 g/mol. The van der Waals surface area contributed by atoms with Crippen LogP contribution in [0.25, 0.3) is 44.2 Å². The van der Waals surface area contributed by atoms with Gasteiger partial charge in [-0.05, 0) is 101 Å². The Labute approximate surface area is 231 Å². The molecule has 188 valence electrons. The lowest BCUT2D eigenvalue weighted by molar-refractivity contribution is 0.660. The molecular weight excluding hydrogens is 487 g/mol. The van der Waals surface area contributed by atoms with Gasteiger partial charge in [-0.15, -0.1) is 0 Å². The molecular formula is C37H31NSi. The minimum absolute atomic E-state index is 0.0435. The molecule has 8 rings (SSSR count). The summed E-state index contributed by atoms with van der Waals surface area (Å²) >= 11 is 0. The third kappa shape index (κ3) is 2.65. The predicted molar refractivity (Wildman–Crippen MR) is 166 cm³/mol. The van der Waals surface area contributed by atoms with E-state index in [0.717, 1.165) is 5.56 Å². The van der Waals surface area contributed by atoms with Crippen LogP contribution in [0.3, 0.4) is 0 Å². The minimum atomic E-state index is -1.94. The Morgan fingerprint density at radius 1 is 0.590 bits per heavy atom. The second-order valence-corrected chi connectivity index (χ2v) is 17.7. The quantitative estimate of drug-likeness (QED) is 0.190. The van der Waals surface area contributed by atoms with Crippen LogP contribution in [0, 0.1) is 11.3 Å². The van der Waals surface area contributed by atoms with Crippen LogP contribution in [0.4, 0.5) is 0 Å². The fraction of sp³-hybridized carbons (Fsp3) is 0.216. The highest BCUT2D eigenvalue weighted by Gasteiger charge is 2.45. The monoisotopic (exact) mass is 517 g/mol. The van der Waals surface area contributed by atoms with Gasteiger partial charge in [0.25, 0.3) is 0 Å². The first-order chi connectivity index (χ1) is 18.5. The zero-order valence-electron chi connectivity index (χ0n) is 23.5. The maximum Gasteiger partial charge on any atom is 0.113 e. The first-order valence-corrected chi connectivity index (χ1v) is 17.0. The van der Waals surface area contributed by atoms with Crippen LogP contribution in [-0.4, -0.2) is 8.07 Å². The molecule has 2 aliphatic carbocycles. The van der Waals surface area contributed by atoms with E-state index in [-0.39, 0.29) is 10.8 Å². The molecule has 0 spiro atoms. The molecule has 39 heavy (non-hydrogen) atoms. The first-order valence-electron chi connectivity index (χ1n) is 14.0. The van der Waals surface area contributed by atoms with E-state index in [2.05, 4.69) is 120 Å². The maximum absolute atomic E-state index is 9.57. The first kappa shape index (κ1) is 23.0. The van der Waals surface area contributed by atoms with Gasteiger partial charge in [-0.3, -0.25) is 0 Å². The van der Waals surface area contributed by atoms with Gasteiger partial charge in [-0.1, -0.05) is 95.4 Å². The number of nitrogens with zero attached hydrogens (tertiary/aromatic N) is 1. The van der Waals surface area contributed by atoms with Gasteiger partial charge in [0.2, 0.25) is 0 Å². The molecule has 0 fully saturated rings. The lowest BCUT2D eigenvalue weighted by Gasteiger charge is -2.23. The molecule has 0 saturated carbocycles. The molecule has 0 radical (unpaired) electrons. The van der Waals surface area contributed by atoms with Crippen molar-refractivity contribution in [2.75, 3.05) is 0 Å². The molecule has 5 aromatic rings. The summed E-state index contributed by atoms with van der Waals surface area (Å²) in [6, 6.07) is 32.3. The Morgan fingerprint density at radius 3 is 1.92 bits per heavy atom. The minimum Gasteiger partial charge on any atom is -0.192 e. The molecule has 5 aromatic carbocycles. The van der Waals surface area contributed by atoms with Crippen molar-refractivity contribution in [1.82, 2.24) is 0 Å². The van der Waals surface area contributed by atoms with E-state index in [9.17, 15) is 5.26 Å². The van der Waals surface area contributed by atoms with Crippen LogP contribution in [0.15, 0.2) is 78.9 Å². The molecule has 0 N–H and O–H groups in total. The molecule has 0 amide bonds. The summed E-state index contributed by atoms with van der Waals surface area (Å²) in [5.41, 5.74) is 14.5. The topological polar surface area (TPSA) is 23.8 Å². The van der Waals surface area contributed by atoms with E-state index in [1.54, 1.807) is 10.4 Å². The Bertz CT molecular complexity index is 2000. The molecule has 0 saturated heterocycles. The number of nitriles is 1. The van der Waals surface area contributed by atoms with Gasteiger partial charge < -0.3 is 0 Å². The normalized spacial score (nSPS) is 17.6. The third-order valence-electron chi connectivity index (χ3n) is 10.3. The lowest BCUT2D eigenvalue weighted by Crippen LogP contribution is -2.49. The second-order valence-electron chi connectivity index (χ2n) is 13.3. The van der Waals surface area contributed by atoms with Crippen LogP contribution in [0.5, 0.6) is 0 Å². The van der Waals surface area contributed by atoms with Crippen molar-refractivity contribution in [3.63, 3.8) is 0 Å². The van der Waals surface area contributed by atoms with Gasteiger partial charge in [-0.2, -0.15) is 5.26 Å². The molecule has 0 aromatic heterocycles. The maximum atomic E-state index is 9.57. The SMILES string of the molecule is CC1(C)c2cc(C#N)ccc2-c2cc3c(cc21)-c1cc2c(cc1[Si]3(C)C)-c1c(ccc3ccccc13)C2(C)C. The third-order valence-corrected chi connectivity index (χ3v) is 13.8. The van der Waals surface area contributed by atoms with Crippen molar-refractivity contribution in [3.05, 3.63) is 107 Å². The van der Waals surface area contributed by atoms with Crippen LogP contribution >= 0.6 is 0 Å². The van der Waals surface area contributed by atoms with Crippen molar-refractivity contribution >= 4 is 29.2 Å². The van der Waals surface area contributed by atoms with Crippen LogP contribution in [0.2, 0.25) is 13.1 Å². The van der Waals surface area contributed by atoms with Crippen molar-refractivity contribution < 1.29 is 0 Å². The van der Waals surface area contributed by atoms with Gasteiger partial charge in [0.05, 0.1) is 11.6 Å². The summed E-state index contributed by atoms with van der Waals surface area (Å²) in [5.74, 6) is 0. The van der Waals surface area contributed by atoms with Gasteiger partial charge in [0.15, 0.2) is 0 Å². The lowest BCUT2D eigenvalue weighted by atomic mass is 9.80. The summed E-state index contributed by atoms with van der Waals surface area (Å²) in [4.78, 5) is 0. The smallest absolute Gasteiger partial charge is 0.113 e. The zero-order chi connectivity index (χ0) is 27.1. The van der Waals surface area contributed by atoms with E-state index < -0.39 is 8.07 Å². The number of benzene rings is 5. The van der Waals surface area contributed by atoms with Crippen molar-refractivity contribution in [1.29, 1.82) is 5.26 Å². The van der Waals surface area contributed by atoms with Gasteiger partial charge >= 0.3 is 0 Å². The highest BCUT2D eigenvalue weighted by atomic mass is 28.3. The Hall–Kier alpha value is -3.93. The van der Waals surface area contributed by atoms with Crippen molar-refractivity contribution in [2.45, 2.75) is 51.6 Å². The molecule has 3 aliphatic rings. The highest BCUT2D eigenvalue weighted by Crippen LogP contribution is 2.54. The molecule has 0 unspecified atom stereocenters. The summed E-state index contributed by atoms with van der Waals surface area (Å²) < 4.78 is 0. The van der Waals surface area contributed by atoms with Crippen molar-refractivity contribution in [3.8, 4) is 39.4 Å². The van der Waals surface area contributed by atoms with Crippen LogP contribution in [-0.2, 0) is 10.8 Å². The number of hydrogen-bond donors (Lipinski definition) is 0. The summed E-state index contributed by atoms with van der Waals surface area (Å²) in [7, 11) is -1.94. The Balaban J connectivity index is 1.40. The number of fused-ring (bicyclic) bond motifs is 11. The fourth-order valence-electron chi connectivity index (χ4n) is 8.03. The second kappa shape index (κ2) is 6.98. The van der Waals surface area contributed by atoms with Crippen LogP contribution in [0.1, 0.15) is 55.5 Å². The number of hydrogen-bond acceptors (Lipinski definition) is 1. The largest absolute Gasteiger partial charge is 0.192 e. The standard InChI is InChI=1S/C37H31NSi/c1-36(2)29-14-12-22-9-7-8-10-23(22)35(29)28-19-34-27(17-32(28)36)26-16-31-25(18-33(26)39(34,5)6)24-13-11-21(20-38)15-30(24)37(31,3)4/h7-19H,1-6H3. The van der Waals surface area contributed by atoms with Crippen LogP contribution < -0.4 is 10.4 Å². The predicted octanol–water partition coefficient (Wildman–Crippen LogP) is 8.13. The summed E-state index contributed by atoms with van der Waals surface area (Å²) in [5, 5.41) is 15.4. The van der Waals surface area contributed by atoms with E-state index in [1.807, 2.05) is 6.07 Å². The summed E-state index contributed by atoms with van der Waals surface area (Å²) in [6.07, 6.45) is 0. The van der Waals surface area contributed by atoms with E-state index in [0.29, 0.717) is 0 Å². The molecule has 1 heterocycles. The average Bonchev–Trinajstić information content (AvgIpc) is 3.40. The molecule has 0 atom stereocenters. The van der Waals surface area contributed by atoms with E-state index in [4.69, 9.17) is 0 Å². The fourth-order valence-corrected chi connectivity index (χ4v) is 11.1.